The highest BCUT2D eigenvalue weighted by Gasteiger charge is 2.46. The van der Waals surface area contributed by atoms with Gasteiger partial charge in [0.1, 0.15) is 0 Å². The molecule has 0 spiro atoms. The third-order valence-corrected chi connectivity index (χ3v) is 3.35. The molecular formula is C11H16F3NO4. The van der Waals surface area contributed by atoms with Gasteiger partial charge in [0.15, 0.2) is 0 Å². The molecule has 1 heterocycles. The van der Waals surface area contributed by atoms with Gasteiger partial charge in [-0.15, -0.1) is 0 Å². The fraction of sp³-hybridized carbons (Fsp3) is 0.818. The maximum atomic E-state index is 12.3. The minimum absolute atomic E-state index is 0.0437. The highest BCUT2D eigenvalue weighted by Crippen LogP contribution is 2.33. The normalized spacial score (nSPS) is 24.9. The Balaban J connectivity index is 2.80. The number of carboxylic acid groups (broad SMARTS) is 1. The Morgan fingerprint density at radius 3 is 2.42 bits per heavy atom. The summed E-state index contributed by atoms with van der Waals surface area (Å²) >= 11 is 0. The zero-order valence-electron chi connectivity index (χ0n) is 10.5. The first-order valence-corrected chi connectivity index (χ1v) is 5.81. The summed E-state index contributed by atoms with van der Waals surface area (Å²) in [6.45, 7) is -0.387. The number of halogens is 3. The molecule has 0 aliphatic carbocycles. The van der Waals surface area contributed by atoms with Crippen LogP contribution in [0.4, 0.5) is 13.2 Å². The van der Waals surface area contributed by atoms with Crippen molar-refractivity contribution in [3.8, 4) is 0 Å². The van der Waals surface area contributed by atoms with Crippen molar-refractivity contribution in [1.29, 1.82) is 0 Å². The lowest BCUT2D eigenvalue weighted by Crippen LogP contribution is -2.42. The molecule has 110 valence electrons. The first kappa shape index (κ1) is 15.7. The maximum absolute atomic E-state index is 12.3. The summed E-state index contributed by atoms with van der Waals surface area (Å²) in [6.07, 6.45) is -4.56. The number of amides is 1. The van der Waals surface area contributed by atoms with Gasteiger partial charge in [0.25, 0.3) is 0 Å². The second-order valence-corrected chi connectivity index (χ2v) is 4.66. The van der Waals surface area contributed by atoms with Crippen LogP contribution in [0.25, 0.3) is 0 Å². The smallest absolute Gasteiger partial charge is 0.471 e. The zero-order valence-corrected chi connectivity index (χ0v) is 10.5. The average molecular weight is 283 g/mol. The second kappa shape index (κ2) is 5.77. The summed E-state index contributed by atoms with van der Waals surface area (Å²) in [7, 11) is 1.34. The molecule has 0 radical (unpaired) electrons. The third kappa shape index (κ3) is 3.59. The quantitative estimate of drug-likeness (QED) is 0.847. The Kier molecular flexibility index (Phi) is 4.78. The number of carboxylic acids is 1. The highest BCUT2D eigenvalue weighted by atomic mass is 19.4. The van der Waals surface area contributed by atoms with Crippen LogP contribution in [0.15, 0.2) is 0 Å². The molecule has 1 rings (SSSR count). The molecule has 1 amide bonds. The van der Waals surface area contributed by atoms with Crippen LogP contribution in [-0.4, -0.2) is 54.9 Å². The molecule has 1 unspecified atom stereocenters. The van der Waals surface area contributed by atoms with Crippen LogP contribution < -0.4 is 0 Å². The fourth-order valence-electron chi connectivity index (χ4n) is 2.27. The van der Waals surface area contributed by atoms with Gasteiger partial charge in [-0.1, -0.05) is 0 Å². The molecule has 0 saturated carbocycles. The summed E-state index contributed by atoms with van der Waals surface area (Å²) < 4.78 is 41.9. The number of carbonyl (C=O) groups excluding carboxylic acids is 1. The van der Waals surface area contributed by atoms with Gasteiger partial charge in [0, 0.05) is 20.2 Å². The molecule has 1 saturated heterocycles. The number of aliphatic carboxylic acids is 1. The predicted molar refractivity (Wildman–Crippen MR) is 58.4 cm³/mol. The number of carbonyl (C=O) groups is 2. The van der Waals surface area contributed by atoms with Gasteiger partial charge >= 0.3 is 18.1 Å². The first-order valence-electron chi connectivity index (χ1n) is 5.81. The minimum Gasteiger partial charge on any atom is -0.481 e. The molecule has 1 aliphatic heterocycles. The van der Waals surface area contributed by atoms with Crippen molar-refractivity contribution in [2.45, 2.75) is 25.4 Å². The van der Waals surface area contributed by atoms with E-state index in [0.717, 1.165) is 0 Å². The standard InChI is InChI=1S/C11H16F3NO4/c1-19-7-10(9(17)18)3-2-5-15(6-4-10)8(16)11(12,13)14/h2-7H2,1H3,(H,17,18). The summed E-state index contributed by atoms with van der Waals surface area (Å²) in [5, 5.41) is 9.22. The van der Waals surface area contributed by atoms with E-state index in [0.29, 0.717) is 4.90 Å². The molecular weight excluding hydrogens is 267 g/mol. The van der Waals surface area contributed by atoms with Gasteiger partial charge in [0.05, 0.1) is 12.0 Å². The van der Waals surface area contributed by atoms with Crippen molar-refractivity contribution in [1.82, 2.24) is 4.90 Å². The van der Waals surface area contributed by atoms with E-state index in [1.165, 1.54) is 7.11 Å². The predicted octanol–water partition coefficient (Wildman–Crippen LogP) is 1.28. The van der Waals surface area contributed by atoms with Gasteiger partial charge in [-0.25, -0.2) is 0 Å². The van der Waals surface area contributed by atoms with Gasteiger partial charge in [0.2, 0.25) is 0 Å². The van der Waals surface area contributed by atoms with Crippen LogP contribution in [0.5, 0.6) is 0 Å². The number of ether oxygens (including phenoxy) is 1. The molecule has 5 nitrogen and oxygen atoms in total. The molecule has 0 aromatic heterocycles. The Bertz CT molecular complexity index is 358. The summed E-state index contributed by atoms with van der Waals surface area (Å²) in [4.78, 5) is 23.1. The summed E-state index contributed by atoms with van der Waals surface area (Å²) in [5.74, 6) is -3.01. The molecule has 1 atom stereocenters. The SMILES string of the molecule is COCC1(C(=O)O)CCCN(C(=O)C(F)(F)F)CC1. The van der Waals surface area contributed by atoms with Gasteiger partial charge in [-0.05, 0) is 19.3 Å². The largest absolute Gasteiger partial charge is 0.481 e. The Morgan fingerprint density at radius 1 is 1.32 bits per heavy atom. The van der Waals surface area contributed by atoms with E-state index in [-0.39, 0.29) is 39.0 Å². The molecule has 8 heteroatoms. The Labute approximate surface area is 108 Å². The van der Waals surface area contributed by atoms with Crippen molar-refractivity contribution in [3.63, 3.8) is 0 Å². The number of rotatable bonds is 3. The van der Waals surface area contributed by atoms with E-state index < -0.39 is 23.5 Å². The van der Waals surface area contributed by atoms with Crippen LogP contribution in [-0.2, 0) is 14.3 Å². The molecule has 0 aromatic rings. The van der Waals surface area contributed by atoms with Gasteiger partial charge < -0.3 is 14.7 Å². The number of likely N-dealkylation sites (tertiary alicyclic amines) is 1. The van der Waals surface area contributed by atoms with Crippen molar-refractivity contribution < 1.29 is 32.6 Å². The number of alkyl halides is 3. The topological polar surface area (TPSA) is 66.8 Å². The average Bonchev–Trinajstić information content (AvgIpc) is 2.51. The first-order chi connectivity index (χ1) is 8.73. The molecule has 1 fully saturated rings. The molecule has 19 heavy (non-hydrogen) atoms. The second-order valence-electron chi connectivity index (χ2n) is 4.66. The van der Waals surface area contributed by atoms with Crippen molar-refractivity contribution in [2.24, 2.45) is 5.41 Å². The molecule has 0 aromatic carbocycles. The van der Waals surface area contributed by atoms with E-state index in [9.17, 15) is 27.9 Å². The fourth-order valence-corrected chi connectivity index (χ4v) is 2.27. The number of methoxy groups -OCH3 is 1. The van der Waals surface area contributed by atoms with Crippen LogP contribution in [0.1, 0.15) is 19.3 Å². The van der Waals surface area contributed by atoms with Crippen molar-refractivity contribution in [2.75, 3.05) is 26.8 Å². The van der Waals surface area contributed by atoms with Crippen LogP contribution in [0.3, 0.4) is 0 Å². The van der Waals surface area contributed by atoms with E-state index in [4.69, 9.17) is 4.74 Å². The zero-order chi connectivity index (χ0) is 14.7. The Hall–Kier alpha value is -1.31. The number of nitrogens with zero attached hydrogens (tertiary/aromatic N) is 1. The molecule has 1 aliphatic rings. The van der Waals surface area contributed by atoms with E-state index >= 15 is 0 Å². The number of hydrogen-bond donors (Lipinski definition) is 1. The van der Waals surface area contributed by atoms with E-state index in [1.54, 1.807) is 0 Å². The van der Waals surface area contributed by atoms with Gasteiger partial charge in [-0.2, -0.15) is 13.2 Å². The highest BCUT2D eigenvalue weighted by molar-refractivity contribution is 5.82. The van der Waals surface area contributed by atoms with Crippen molar-refractivity contribution >= 4 is 11.9 Å². The Morgan fingerprint density at radius 2 is 1.95 bits per heavy atom. The minimum atomic E-state index is -4.92. The lowest BCUT2D eigenvalue weighted by molar-refractivity contribution is -0.185. The maximum Gasteiger partial charge on any atom is 0.471 e. The molecule has 1 N–H and O–H groups in total. The summed E-state index contributed by atoms with van der Waals surface area (Å²) in [6, 6.07) is 0. The van der Waals surface area contributed by atoms with Gasteiger partial charge in [-0.3, -0.25) is 9.59 Å². The number of hydrogen-bond acceptors (Lipinski definition) is 3. The monoisotopic (exact) mass is 283 g/mol. The van der Waals surface area contributed by atoms with Crippen molar-refractivity contribution in [3.05, 3.63) is 0 Å². The third-order valence-electron chi connectivity index (χ3n) is 3.35. The van der Waals surface area contributed by atoms with Crippen LogP contribution in [0.2, 0.25) is 0 Å². The van der Waals surface area contributed by atoms with E-state index in [2.05, 4.69) is 0 Å². The van der Waals surface area contributed by atoms with Crippen LogP contribution >= 0.6 is 0 Å². The van der Waals surface area contributed by atoms with Crippen LogP contribution in [0, 0.1) is 5.41 Å². The lowest BCUT2D eigenvalue weighted by Gasteiger charge is -2.27. The summed E-state index contributed by atoms with van der Waals surface area (Å²) in [5.41, 5.74) is -1.21. The molecule has 0 bridgehead atoms. The lowest BCUT2D eigenvalue weighted by atomic mass is 9.81. The van der Waals surface area contributed by atoms with E-state index in [1.807, 2.05) is 0 Å².